The Balaban J connectivity index is 2.97. The van der Waals surface area contributed by atoms with Gasteiger partial charge in [-0.05, 0) is 37.8 Å². The van der Waals surface area contributed by atoms with E-state index in [-0.39, 0.29) is 11.8 Å². The van der Waals surface area contributed by atoms with Gasteiger partial charge in [0.2, 0.25) is 0 Å². The largest absolute Gasteiger partial charge is 0.481 e. The van der Waals surface area contributed by atoms with Gasteiger partial charge in [0.1, 0.15) is 0 Å². The smallest absolute Gasteiger partial charge is 0.303 e. The monoisotopic (exact) mass is 246 g/mol. The molecule has 0 fully saturated rings. The van der Waals surface area contributed by atoms with Crippen molar-refractivity contribution in [3.63, 3.8) is 0 Å². The van der Waals surface area contributed by atoms with Crippen LogP contribution >= 0.6 is 0 Å². The Labute approximate surface area is 109 Å². The fourth-order valence-corrected chi connectivity index (χ4v) is 2.36. The van der Waals surface area contributed by atoms with Crippen molar-refractivity contribution >= 4 is 5.97 Å². The number of carbonyl (C=O) groups is 1. The molecule has 0 bridgehead atoms. The lowest BCUT2D eigenvalue weighted by molar-refractivity contribution is -0.137. The summed E-state index contributed by atoms with van der Waals surface area (Å²) in [5.74, 6) is -0.733. The van der Waals surface area contributed by atoms with Gasteiger partial charge in [-0.2, -0.15) is 0 Å². The fourth-order valence-electron chi connectivity index (χ4n) is 2.36. The van der Waals surface area contributed by atoms with E-state index >= 15 is 0 Å². The average molecular weight is 246 g/mol. The molecule has 1 N–H and O–H groups in total. The standard InChI is InChI=1S/C16H22O2/c1-12(2)16(4,11-7-10-15(17)18)14-9-6-5-8-13(14)3/h5-6,8-9H,1,7,10-11H2,2-4H3,(H,17,18). The normalized spacial score (nSPS) is 13.9. The van der Waals surface area contributed by atoms with E-state index in [9.17, 15) is 4.79 Å². The summed E-state index contributed by atoms with van der Waals surface area (Å²) >= 11 is 0. The maximum atomic E-state index is 10.6. The Kier molecular flexibility index (Phi) is 4.71. The maximum Gasteiger partial charge on any atom is 0.303 e. The molecule has 0 saturated carbocycles. The lowest BCUT2D eigenvalue weighted by atomic mass is 9.72. The number of benzene rings is 1. The number of aryl methyl sites for hydroxylation is 1. The molecule has 1 atom stereocenters. The first kappa shape index (κ1) is 14.5. The zero-order valence-electron chi connectivity index (χ0n) is 11.5. The molecular weight excluding hydrogens is 224 g/mol. The molecule has 0 aliphatic rings. The van der Waals surface area contributed by atoms with Crippen LogP contribution in [0, 0.1) is 6.92 Å². The van der Waals surface area contributed by atoms with Crippen LogP contribution in [0.3, 0.4) is 0 Å². The highest BCUT2D eigenvalue weighted by atomic mass is 16.4. The van der Waals surface area contributed by atoms with E-state index in [1.807, 2.05) is 19.1 Å². The molecule has 0 radical (unpaired) electrons. The van der Waals surface area contributed by atoms with Crippen LogP contribution in [0.15, 0.2) is 36.4 Å². The second-order valence-corrected chi connectivity index (χ2v) is 5.17. The second kappa shape index (κ2) is 5.85. The van der Waals surface area contributed by atoms with E-state index in [1.165, 1.54) is 11.1 Å². The maximum absolute atomic E-state index is 10.6. The molecule has 0 heterocycles. The van der Waals surface area contributed by atoms with Crippen LogP contribution in [0.25, 0.3) is 0 Å². The Morgan fingerprint density at radius 2 is 2.00 bits per heavy atom. The summed E-state index contributed by atoms with van der Waals surface area (Å²) in [7, 11) is 0. The van der Waals surface area contributed by atoms with Crippen LogP contribution in [0.5, 0.6) is 0 Å². The van der Waals surface area contributed by atoms with Gasteiger partial charge in [0.15, 0.2) is 0 Å². The van der Waals surface area contributed by atoms with Gasteiger partial charge in [-0.25, -0.2) is 0 Å². The Hall–Kier alpha value is -1.57. The third-order valence-corrected chi connectivity index (χ3v) is 3.75. The number of carboxylic acid groups (broad SMARTS) is 1. The first-order chi connectivity index (χ1) is 8.38. The minimum Gasteiger partial charge on any atom is -0.481 e. The predicted molar refractivity (Wildman–Crippen MR) is 74.8 cm³/mol. The Morgan fingerprint density at radius 1 is 1.39 bits per heavy atom. The lowest BCUT2D eigenvalue weighted by Gasteiger charge is -2.32. The second-order valence-electron chi connectivity index (χ2n) is 5.17. The number of aliphatic carboxylic acids is 1. The summed E-state index contributed by atoms with van der Waals surface area (Å²) < 4.78 is 0. The van der Waals surface area contributed by atoms with E-state index < -0.39 is 5.97 Å². The molecule has 1 rings (SSSR count). The number of hydrogen-bond donors (Lipinski definition) is 1. The zero-order chi connectivity index (χ0) is 13.8. The van der Waals surface area contributed by atoms with Crippen molar-refractivity contribution in [1.29, 1.82) is 0 Å². The summed E-state index contributed by atoms with van der Waals surface area (Å²) in [5, 5.41) is 8.75. The van der Waals surface area contributed by atoms with Crippen LogP contribution in [0.2, 0.25) is 0 Å². The predicted octanol–water partition coefficient (Wildman–Crippen LogP) is 4.08. The van der Waals surface area contributed by atoms with E-state index in [0.717, 1.165) is 12.0 Å². The van der Waals surface area contributed by atoms with Crippen molar-refractivity contribution in [3.8, 4) is 0 Å². The van der Waals surface area contributed by atoms with Crippen molar-refractivity contribution in [2.75, 3.05) is 0 Å². The molecule has 0 aliphatic carbocycles. The quantitative estimate of drug-likeness (QED) is 0.768. The van der Waals surface area contributed by atoms with Crippen LogP contribution in [-0.2, 0) is 10.2 Å². The summed E-state index contributed by atoms with van der Waals surface area (Å²) in [6.07, 6.45) is 1.71. The first-order valence-electron chi connectivity index (χ1n) is 6.32. The number of allylic oxidation sites excluding steroid dienone is 1. The topological polar surface area (TPSA) is 37.3 Å². The molecule has 1 unspecified atom stereocenters. The first-order valence-corrected chi connectivity index (χ1v) is 6.32. The highest BCUT2D eigenvalue weighted by Gasteiger charge is 2.28. The van der Waals surface area contributed by atoms with Gasteiger partial charge in [0.05, 0.1) is 0 Å². The third kappa shape index (κ3) is 3.22. The molecular formula is C16H22O2. The van der Waals surface area contributed by atoms with E-state index in [4.69, 9.17) is 5.11 Å². The minimum atomic E-state index is -0.733. The van der Waals surface area contributed by atoms with Crippen molar-refractivity contribution < 1.29 is 9.90 Å². The summed E-state index contributed by atoms with van der Waals surface area (Å²) in [6.45, 7) is 10.4. The average Bonchev–Trinajstić information content (AvgIpc) is 2.28. The van der Waals surface area contributed by atoms with Gasteiger partial charge in [0.25, 0.3) is 0 Å². The van der Waals surface area contributed by atoms with Gasteiger partial charge >= 0.3 is 5.97 Å². The van der Waals surface area contributed by atoms with Gasteiger partial charge in [0, 0.05) is 11.8 Å². The molecule has 0 amide bonds. The summed E-state index contributed by atoms with van der Waals surface area (Å²) in [4.78, 5) is 10.6. The molecule has 0 spiro atoms. The Bertz CT molecular complexity index is 448. The highest BCUT2D eigenvalue weighted by molar-refractivity contribution is 5.66. The molecule has 98 valence electrons. The van der Waals surface area contributed by atoms with Crippen molar-refractivity contribution in [2.24, 2.45) is 0 Å². The summed E-state index contributed by atoms with van der Waals surface area (Å²) in [6, 6.07) is 8.26. The lowest BCUT2D eigenvalue weighted by Crippen LogP contribution is -2.24. The molecule has 2 heteroatoms. The SMILES string of the molecule is C=C(C)C(C)(CCCC(=O)O)c1ccccc1C. The van der Waals surface area contributed by atoms with E-state index in [2.05, 4.69) is 32.6 Å². The zero-order valence-corrected chi connectivity index (χ0v) is 11.5. The highest BCUT2D eigenvalue weighted by Crippen LogP contribution is 2.37. The molecule has 1 aromatic rings. The summed E-state index contributed by atoms with van der Waals surface area (Å²) in [5.41, 5.74) is 3.43. The minimum absolute atomic E-state index is 0.138. The van der Waals surface area contributed by atoms with Crippen molar-refractivity contribution in [2.45, 2.75) is 45.4 Å². The van der Waals surface area contributed by atoms with Crippen molar-refractivity contribution in [1.82, 2.24) is 0 Å². The third-order valence-electron chi connectivity index (χ3n) is 3.75. The Morgan fingerprint density at radius 3 is 2.50 bits per heavy atom. The molecule has 0 aliphatic heterocycles. The van der Waals surface area contributed by atoms with Gasteiger partial charge in [-0.15, -0.1) is 0 Å². The van der Waals surface area contributed by atoms with Crippen molar-refractivity contribution in [3.05, 3.63) is 47.5 Å². The number of hydrogen-bond acceptors (Lipinski definition) is 1. The van der Waals surface area contributed by atoms with E-state index in [1.54, 1.807) is 0 Å². The van der Waals surface area contributed by atoms with Gasteiger partial charge in [-0.1, -0.05) is 43.3 Å². The van der Waals surface area contributed by atoms with Gasteiger partial charge in [-0.3, -0.25) is 4.79 Å². The molecule has 1 aromatic carbocycles. The van der Waals surface area contributed by atoms with Crippen LogP contribution < -0.4 is 0 Å². The van der Waals surface area contributed by atoms with Crippen LogP contribution in [0.4, 0.5) is 0 Å². The molecule has 0 saturated heterocycles. The number of carboxylic acids is 1. The van der Waals surface area contributed by atoms with Crippen LogP contribution in [0.1, 0.15) is 44.2 Å². The number of rotatable bonds is 6. The fraction of sp³-hybridized carbons (Fsp3) is 0.438. The van der Waals surface area contributed by atoms with Gasteiger partial charge < -0.3 is 5.11 Å². The van der Waals surface area contributed by atoms with E-state index in [0.29, 0.717) is 6.42 Å². The molecule has 2 nitrogen and oxygen atoms in total. The molecule has 18 heavy (non-hydrogen) atoms. The van der Waals surface area contributed by atoms with Crippen LogP contribution in [-0.4, -0.2) is 11.1 Å². The molecule has 0 aromatic heterocycles.